The van der Waals surface area contributed by atoms with Crippen molar-refractivity contribution in [1.29, 1.82) is 0 Å². The van der Waals surface area contributed by atoms with E-state index in [1.165, 1.54) is 37.8 Å². The number of hydrogen-bond donors (Lipinski definition) is 1. The molecule has 0 radical (unpaired) electrons. The number of benzene rings is 1. The molecule has 1 aromatic carbocycles. The second kappa shape index (κ2) is 10.8. The zero-order valence-electron chi connectivity index (χ0n) is 17.7. The molecule has 0 aliphatic carbocycles. The van der Waals surface area contributed by atoms with Crippen LogP contribution in [-0.2, 0) is 16.3 Å². The van der Waals surface area contributed by atoms with Crippen LogP contribution in [0, 0.1) is 5.82 Å². The highest BCUT2D eigenvalue weighted by Crippen LogP contribution is 2.15. The van der Waals surface area contributed by atoms with E-state index in [1.54, 1.807) is 0 Å². The molecular formula is C21H29FN4O4S. The van der Waals surface area contributed by atoms with Crippen molar-refractivity contribution in [1.82, 2.24) is 20.4 Å². The Morgan fingerprint density at radius 2 is 1.87 bits per heavy atom. The molecule has 1 amide bonds. The van der Waals surface area contributed by atoms with Gasteiger partial charge >= 0.3 is 11.8 Å². The summed E-state index contributed by atoms with van der Waals surface area (Å²) in [6.07, 6.45) is 5.82. The van der Waals surface area contributed by atoms with Gasteiger partial charge in [-0.3, -0.25) is 4.79 Å². The van der Waals surface area contributed by atoms with Crippen LogP contribution < -0.4 is 5.32 Å². The first-order chi connectivity index (χ1) is 14.8. The maximum Gasteiger partial charge on any atom is 0.315 e. The van der Waals surface area contributed by atoms with Gasteiger partial charge in [0.15, 0.2) is 15.7 Å². The first-order valence-electron chi connectivity index (χ1n) is 10.7. The molecule has 1 aromatic heterocycles. The molecule has 10 heteroatoms. The number of rotatable bonds is 9. The molecule has 0 spiro atoms. The van der Waals surface area contributed by atoms with E-state index in [0.717, 1.165) is 31.6 Å². The molecular weight excluding hydrogens is 423 g/mol. The molecule has 2 heterocycles. The van der Waals surface area contributed by atoms with Gasteiger partial charge < -0.3 is 14.7 Å². The molecule has 1 fully saturated rings. The predicted molar refractivity (Wildman–Crippen MR) is 113 cm³/mol. The van der Waals surface area contributed by atoms with Crippen LogP contribution in [0.1, 0.15) is 55.5 Å². The summed E-state index contributed by atoms with van der Waals surface area (Å²) in [6, 6.07) is 5.00. The Labute approximate surface area is 182 Å². The maximum absolute atomic E-state index is 13.0. The molecule has 1 atom stereocenters. The Kier molecular flexibility index (Phi) is 8.14. The average molecular weight is 453 g/mol. The molecule has 0 bridgehead atoms. The summed E-state index contributed by atoms with van der Waals surface area (Å²) in [5.74, 6) is -1.30. The van der Waals surface area contributed by atoms with Crippen molar-refractivity contribution < 1.29 is 22.1 Å². The van der Waals surface area contributed by atoms with Gasteiger partial charge in [0.1, 0.15) is 5.82 Å². The maximum atomic E-state index is 13.0. The van der Waals surface area contributed by atoms with E-state index < -0.39 is 21.6 Å². The summed E-state index contributed by atoms with van der Waals surface area (Å²) in [5, 5.41) is 6.48. The Morgan fingerprint density at radius 1 is 1.19 bits per heavy atom. The minimum absolute atomic E-state index is 0.0114. The number of amides is 1. The van der Waals surface area contributed by atoms with Gasteiger partial charge in [-0.25, -0.2) is 12.8 Å². The lowest BCUT2D eigenvalue weighted by Crippen LogP contribution is -2.37. The predicted octanol–water partition coefficient (Wildman–Crippen LogP) is 2.61. The molecule has 0 saturated carbocycles. The van der Waals surface area contributed by atoms with Crippen molar-refractivity contribution in [3.8, 4) is 0 Å². The van der Waals surface area contributed by atoms with Crippen LogP contribution in [0.2, 0.25) is 0 Å². The Bertz CT molecular complexity index is 954. The van der Waals surface area contributed by atoms with Crippen molar-refractivity contribution in [2.45, 2.75) is 56.4 Å². The molecule has 1 saturated heterocycles. The number of aryl methyl sites for hydroxylation is 1. The lowest BCUT2D eigenvalue weighted by Gasteiger charge is -2.27. The summed E-state index contributed by atoms with van der Waals surface area (Å²) in [6.45, 7) is 4.86. The van der Waals surface area contributed by atoms with Crippen molar-refractivity contribution in [3.05, 3.63) is 41.8 Å². The van der Waals surface area contributed by atoms with Gasteiger partial charge in [-0.2, -0.15) is 4.98 Å². The van der Waals surface area contributed by atoms with E-state index >= 15 is 0 Å². The third kappa shape index (κ3) is 6.83. The monoisotopic (exact) mass is 452 g/mol. The van der Waals surface area contributed by atoms with Crippen molar-refractivity contribution in [2.24, 2.45) is 0 Å². The quantitative estimate of drug-likeness (QED) is 0.583. The average Bonchev–Trinajstić information content (AvgIpc) is 3.06. The van der Waals surface area contributed by atoms with Crippen molar-refractivity contribution >= 4 is 15.7 Å². The van der Waals surface area contributed by atoms with E-state index in [2.05, 4.69) is 27.3 Å². The van der Waals surface area contributed by atoms with Gasteiger partial charge in [0.05, 0.1) is 10.6 Å². The van der Waals surface area contributed by atoms with Crippen LogP contribution in [0.25, 0.3) is 0 Å². The zero-order chi connectivity index (χ0) is 22.3. The largest absolute Gasteiger partial charge is 0.348 e. The number of nitrogens with one attached hydrogen (secondary N) is 1. The van der Waals surface area contributed by atoms with Gasteiger partial charge in [0, 0.05) is 19.0 Å². The van der Waals surface area contributed by atoms with E-state index in [1.807, 2.05) is 0 Å². The smallest absolute Gasteiger partial charge is 0.315 e. The minimum Gasteiger partial charge on any atom is -0.348 e. The summed E-state index contributed by atoms with van der Waals surface area (Å²) in [7, 11) is -3.62. The second-order valence-electron chi connectivity index (χ2n) is 7.88. The fourth-order valence-corrected chi connectivity index (χ4v) is 4.86. The van der Waals surface area contributed by atoms with Gasteiger partial charge in [0.2, 0.25) is 0 Å². The second-order valence-corrected chi connectivity index (χ2v) is 9.99. The first kappa shape index (κ1) is 23.3. The number of sulfone groups is 1. The van der Waals surface area contributed by atoms with Crippen LogP contribution in [0.4, 0.5) is 4.39 Å². The number of hydrogen-bond acceptors (Lipinski definition) is 7. The normalized spacial score (nSPS) is 16.6. The molecule has 2 aromatic rings. The minimum atomic E-state index is -3.62. The number of halogens is 1. The molecule has 1 aliphatic heterocycles. The fourth-order valence-electron chi connectivity index (χ4n) is 3.62. The van der Waals surface area contributed by atoms with E-state index in [0.29, 0.717) is 12.6 Å². The number of aromatic nitrogens is 2. The summed E-state index contributed by atoms with van der Waals surface area (Å²) in [4.78, 5) is 18.7. The first-order valence-corrected chi connectivity index (χ1v) is 12.3. The molecule has 1 N–H and O–H groups in total. The highest BCUT2D eigenvalue weighted by Gasteiger charge is 2.20. The third-order valence-electron chi connectivity index (χ3n) is 5.54. The lowest BCUT2D eigenvalue weighted by atomic mass is 10.2. The number of carbonyl (C=O) groups excluding carboxylic acids is 1. The third-order valence-corrected chi connectivity index (χ3v) is 7.27. The Balaban J connectivity index is 1.45. The van der Waals surface area contributed by atoms with Crippen LogP contribution in [0.15, 0.2) is 33.7 Å². The van der Waals surface area contributed by atoms with Crippen molar-refractivity contribution in [2.75, 3.05) is 25.4 Å². The highest BCUT2D eigenvalue weighted by molar-refractivity contribution is 7.91. The molecule has 8 nitrogen and oxygen atoms in total. The van der Waals surface area contributed by atoms with E-state index in [4.69, 9.17) is 4.52 Å². The molecule has 0 unspecified atom stereocenters. The van der Waals surface area contributed by atoms with Gasteiger partial charge in [-0.05, 0) is 63.5 Å². The number of carbonyl (C=O) groups is 1. The Morgan fingerprint density at radius 3 is 2.55 bits per heavy atom. The van der Waals surface area contributed by atoms with Crippen LogP contribution >= 0.6 is 0 Å². The van der Waals surface area contributed by atoms with Gasteiger partial charge in [-0.15, -0.1) is 0 Å². The fraction of sp³-hybridized carbons (Fsp3) is 0.571. The van der Waals surface area contributed by atoms with Gasteiger partial charge in [-0.1, -0.05) is 18.0 Å². The lowest BCUT2D eigenvalue weighted by molar-refractivity contribution is 0.0904. The number of nitrogens with zero attached hydrogens (tertiary/aromatic N) is 3. The van der Waals surface area contributed by atoms with Crippen LogP contribution in [-0.4, -0.2) is 60.8 Å². The molecule has 1 aliphatic rings. The standard InChI is InChI=1S/C21H29FN4O4S/c1-16(26-13-4-2-3-5-14-26)10-12-23-20(27)21-24-19(25-30-21)11-15-31(28,29)18-8-6-17(22)7-9-18/h6-9,16H,2-5,10-15H2,1H3,(H,23,27)/t16-/m1/s1. The van der Waals surface area contributed by atoms with Crippen LogP contribution in [0.5, 0.6) is 0 Å². The highest BCUT2D eigenvalue weighted by atomic mass is 32.2. The molecule has 31 heavy (non-hydrogen) atoms. The SMILES string of the molecule is C[C@H](CCNC(=O)c1nc(CCS(=O)(=O)c2ccc(F)cc2)no1)N1CCCCCC1. The summed E-state index contributed by atoms with van der Waals surface area (Å²) in [5.41, 5.74) is 0. The van der Waals surface area contributed by atoms with E-state index in [-0.39, 0.29) is 28.8 Å². The summed E-state index contributed by atoms with van der Waals surface area (Å²) < 4.78 is 42.6. The number of likely N-dealkylation sites (tertiary alicyclic amines) is 1. The topological polar surface area (TPSA) is 105 Å². The van der Waals surface area contributed by atoms with Crippen molar-refractivity contribution in [3.63, 3.8) is 0 Å². The van der Waals surface area contributed by atoms with Crippen LogP contribution in [0.3, 0.4) is 0 Å². The summed E-state index contributed by atoms with van der Waals surface area (Å²) >= 11 is 0. The van der Waals surface area contributed by atoms with Gasteiger partial charge in [0.25, 0.3) is 0 Å². The Hall–Kier alpha value is -2.33. The van der Waals surface area contributed by atoms with E-state index in [9.17, 15) is 17.6 Å². The molecule has 170 valence electrons. The molecule has 3 rings (SSSR count). The zero-order valence-corrected chi connectivity index (χ0v) is 18.5.